The Morgan fingerprint density at radius 2 is 2.40 bits per heavy atom. The lowest BCUT2D eigenvalue weighted by Crippen LogP contribution is -2.48. The second-order valence-electron chi connectivity index (χ2n) is 4.65. The van der Waals surface area contributed by atoms with Crippen LogP contribution in [0.4, 0.5) is 0 Å². The van der Waals surface area contributed by atoms with Crippen LogP contribution < -0.4 is 5.32 Å². The fourth-order valence-electron chi connectivity index (χ4n) is 2.22. The molecule has 1 amide bonds. The number of benzene rings is 1. The Morgan fingerprint density at radius 3 is 3.10 bits per heavy atom. The number of nitrogens with zero attached hydrogens (tertiary/aromatic N) is 1. The number of halogens is 1. The molecule has 1 aliphatic heterocycles. The minimum Gasteiger partial charge on any atom is -0.373 e. The lowest BCUT2D eigenvalue weighted by molar-refractivity contribution is -0.0196. The Kier molecular flexibility index (Phi) is 5.72. The van der Waals surface area contributed by atoms with Gasteiger partial charge in [0.2, 0.25) is 0 Å². The highest BCUT2D eigenvalue weighted by atomic mass is 35.5. The molecule has 1 fully saturated rings. The average Bonchev–Trinajstić information content (AvgIpc) is 2.48. The number of nitrogens with one attached hydrogen (secondary N) is 1. The fourth-order valence-corrected chi connectivity index (χ4v) is 2.86. The molecule has 0 radical (unpaired) electrons. The first kappa shape index (κ1) is 15.6. The van der Waals surface area contributed by atoms with Gasteiger partial charge in [0.25, 0.3) is 5.91 Å². The van der Waals surface area contributed by atoms with E-state index in [4.69, 9.17) is 16.3 Å². The van der Waals surface area contributed by atoms with Crippen molar-refractivity contribution in [1.82, 2.24) is 10.2 Å². The van der Waals surface area contributed by atoms with Crippen molar-refractivity contribution in [3.05, 3.63) is 28.8 Å². The number of likely N-dealkylation sites (N-methyl/N-ethyl adjacent to an activating group) is 1. The molecule has 0 aliphatic carbocycles. The highest BCUT2D eigenvalue weighted by Gasteiger charge is 2.25. The quantitative estimate of drug-likeness (QED) is 0.864. The number of ether oxygens (including phenoxy) is 1. The molecule has 1 saturated heterocycles. The van der Waals surface area contributed by atoms with Crippen LogP contribution in [0.3, 0.4) is 0 Å². The van der Waals surface area contributed by atoms with E-state index in [-0.39, 0.29) is 12.0 Å². The summed E-state index contributed by atoms with van der Waals surface area (Å²) in [4.78, 5) is 15.5. The highest BCUT2D eigenvalue weighted by molar-refractivity contribution is 7.98. The molecule has 1 unspecified atom stereocenters. The molecule has 6 heteroatoms. The van der Waals surface area contributed by atoms with E-state index in [9.17, 15) is 4.79 Å². The first-order valence-electron chi connectivity index (χ1n) is 6.54. The molecule has 0 saturated carbocycles. The van der Waals surface area contributed by atoms with E-state index in [1.807, 2.05) is 30.3 Å². The van der Waals surface area contributed by atoms with Crippen LogP contribution in [0.25, 0.3) is 0 Å². The van der Waals surface area contributed by atoms with E-state index in [1.54, 1.807) is 17.8 Å². The molecule has 20 heavy (non-hydrogen) atoms. The monoisotopic (exact) mass is 314 g/mol. The summed E-state index contributed by atoms with van der Waals surface area (Å²) in [7, 11) is 1.88. The van der Waals surface area contributed by atoms with E-state index in [1.165, 1.54) is 0 Å². The molecule has 2 rings (SSSR count). The lowest BCUT2D eigenvalue weighted by Gasteiger charge is -2.33. The third-order valence-corrected chi connectivity index (χ3v) is 4.32. The van der Waals surface area contributed by atoms with Gasteiger partial charge in [-0.15, -0.1) is 11.8 Å². The third kappa shape index (κ3) is 3.67. The molecule has 1 N–H and O–H groups in total. The molecule has 1 aromatic carbocycles. The number of thioether (sulfide) groups is 1. The van der Waals surface area contributed by atoms with Gasteiger partial charge in [0, 0.05) is 24.5 Å². The van der Waals surface area contributed by atoms with Gasteiger partial charge in [-0.05, 0) is 31.5 Å². The van der Waals surface area contributed by atoms with E-state index in [0.29, 0.717) is 30.3 Å². The van der Waals surface area contributed by atoms with Gasteiger partial charge in [-0.3, -0.25) is 4.79 Å². The minimum atomic E-state index is -0.0182. The van der Waals surface area contributed by atoms with Crippen LogP contribution in [0.1, 0.15) is 10.4 Å². The Labute approximate surface area is 128 Å². The van der Waals surface area contributed by atoms with Crippen molar-refractivity contribution in [2.24, 2.45) is 0 Å². The number of carbonyl (C=O) groups is 1. The van der Waals surface area contributed by atoms with Crippen LogP contribution in [0.2, 0.25) is 5.02 Å². The summed E-state index contributed by atoms with van der Waals surface area (Å²) in [6, 6.07) is 5.57. The third-order valence-electron chi connectivity index (χ3n) is 3.26. The van der Waals surface area contributed by atoms with Crippen LogP contribution in [-0.2, 0) is 4.74 Å². The van der Waals surface area contributed by atoms with E-state index < -0.39 is 0 Å². The average molecular weight is 315 g/mol. The summed E-state index contributed by atoms with van der Waals surface area (Å²) in [5, 5.41) is 3.58. The lowest BCUT2D eigenvalue weighted by atomic mass is 10.1. The Balaban J connectivity index is 2.14. The zero-order valence-corrected chi connectivity index (χ0v) is 13.3. The minimum absolute atomic E-state index is 0.0182. The van der Waals surface area contributed by atoms with Crippen molar-refractivity contribution >= 4 is 29.3 Å². The number of amides is 1. The van der Waals surface area contributed by atoms with E-state index in [2.05, 4.69) is 5.32 Å². The van der Waals surface area contributed by atoms with Crippen LogP contribution in [0.15, 0.2) is 23.1 Å². The largest absolute Gasteiger partial charge is 0.373 e. The smallest absolute Gasteiger partial charge is 0.255 e. The second-order valence-corrected chi connectivity index (χ2v) is 5.93. The number of morpholine rings is 1. The molecular weight excluding hydrogens is 296 g/mol. The summed E-state index contributed by atoms with van der Waals surface area (Å²) in [6.07, 6.45) is 2.02. The van der Waals surface area contributed by atoms with Crippen molar-refractivity contribution in [2.45, 2.75) is 11.0 Å². The fraction of sp³-hybridized carbons (Fsp3) is 0.500. The van der Waals surface area contributed by atoms with Gasteiger partial charge in [0.1, 0.15) is 0 Å². The summed E-state index contributed by atoms with van der Waals surface area (Å²) in [6.45, 7) is 2.51. The van der Waals surface area contributed by atoms with Crippen molar-refractivity contribution in [3.8, 4) is 0 Å². The molecule has 1 aromatic rings. The molecule has 1 heterocycles. The zero-order chi connectivity index (χ0) is 14.5. The van der Waals surface area contributed by atoms with Gasteiger partial charge in [-0.1, -0.05) is 11.6 Å². The molecule has 0 aromatic heterocycles. The first-order valence-corrected chi connectivity index (χ1v) is 8.15. The maximum atomic E-state index is 12.6. The summed E-state index contributed by atoms with van der Waals surface area (Å²) in [5.41, 5.74) is 0.573. The van der Waals surface area contributed by atoms with E-state index >= 15 is 0 Å². The van der Waals surface area contributed by atoms with Gasteiger partial charge >= 0.3 is 0 Å². The molecule has 1 atom stereocenters. The maximum Gasteiger partial charge on any atom is 0.255 e. The van der Waals surface area contributed by atoms with Gasteiger partial charge in [-0.25, -0.2) is 0 Å². The molecule has 0 spiro atoms. The predicted molar refractivity (Wildman–Crippen MR) is 82.8 cm³/mol. The van der Waals surface area contributed by atoms with Gasteiger partial charge in [0.05, 0.1) is 23.3 Å². The standard InChI is InChI=1S/C14H19ClN2O2S/c1-16-8-10-9-17(5-6-19-10)14(18)12-7-11(20-2)3-4-13(12)15/h3-4,7,10,16H,5-6,8-9H2,1-2H3. The van der Waals surface area contributed by atoms with E-state index in [0.717, 1.165) is 11.4 Å². The van der Waals surface area contributed by atoms with Gasteiger partial charge in [0.15, 0.2) is 0 Å². The second kappa shape index (κ2) is 7.31. The first-order chi connectivity index (χ1) is 9.65. The molecule has 1 aliphatic rings. The number of hydrogen-bond acceptors (Lipinski definition) is 4. The molecule has 4 nitrogen and oxygen atoms in total. The van der Waals surface area contributed by atoms with Crippen LogP contribution in [-0.4, -0.2) is 56.5 Å². The summed E-state index contributed by atoms with van der Waals surface area (Å²) < 4.78 is 5.62. The number of hydrogen-bond donors (Lipinski definition) is 1. The van der Waals surface area contributed by atoms with Crippen LogP contribution in [0, 0.1) is 0 Å². The predicted octanol–water partition coefficient (Wildman–Crippen LogP) is 2.12. The molecule has 110 valence electrons. The Morgan fingerprint density at radius 1 is 1.60 bits per heavy atom. The summed E-state index contributed by atoms with van der Waals surface area (Å²) in [5.74, 6) is -0.0182. The molecule has 0 bridgehead atoms. The number of carbonyl (C=O) groups excluding carboxylic acids is 1. The molecular formula is C14H19ClN2O2S. The van der Waals surface area contributed by atoms with Crippen molar-refractivity contribution < 1.29 is 9.53 Å². The SMILES string of the molecule is CNCC1CN(C(=O)c2cc(SC)ccc2Cl)CCO1. The van der Waals surface area contributed by atoms with Crippen LogP contribution >= 0.6 is 23.4 Å². The van der Waals surface area contributed by atoms with Crippen molar-refractivity contribution in [2.75, 3.05) is 39.5 Å². The Hall–Kier alpha value is -0.750. The normalized spacial score (nSPS) is 19.1. The Bertz CT molecular complexity index is 482. The van der Waals surface area contributed by atoms with Crippen molar-refractivity contribution in [3.63, 3.8) is 0 Å². The van der Waals surface area contributed by atoms with Crippen LogP contribution in [0.5, 0.6) is 0 Å². The number of rotatable bonds is 4. The van der Waals surface area contributed by atoms with Gasteiger partial charge in [-0.2, -0.15) is 0 Å². The zero-order valence-electron chi connectivity index (χ0n) is 11.7. The summed E-state index contributed by atoms with van der Waals surface area (Å²) >= 11 is 7.76. The topological polar surface area (TPSA) is 41.6 Å². The highest BCUT2D eigenvalue weighted by Crippen LogP contribution is 2.24. The van der Waals surface area contributed by atoms with Crippen molar-refractivity contribution in [1.29, 1.82) is 0 Å². The maximum absolute atomic E-state index is 12.6. The van der Waals surface area contributed by atoms with Gasteiger partial charge < -0.3 is 15.0 Å².